The number of carbonyl (C=O) groups excluding carboxylic acids is 1. The minimum Gasteiger partial charge on any atom is -0.343 e. The van der Waals surface area contributed by atoms with Gasteiger partial charge < -0.3 is 4.90 Å². The summed E-state index contributed by atoms with van der Waals surface area (Å²) in [6.07, 6.45) is 1.27. The van der Waals surface area contributed by atoms with Gasteiger partial charge in [-0.1, -0.05) is 48.5 Å². The molecule has 1 heterocycles. The van der Waals surface area contributed by atoms with Gasteiger partial charge in [0.25, 0.3) is 0 Å². The minimum atomic E-state index is 0.215. The zero-order valence-corrected chi connectivity index (χ0v) is 14.9. The molecule has 128 valence electrons. The van der Waals surface area contributed by atoms with E-state index in [1.54, 1.807) is 0 Å². The van der Waals surface area contributed by atoms with Crippen molar-refractivity contribution in [1.29, 1.82) is 0 Å². The summed E-state index contributed by atoms with van der Waals surface area (Å²) < 4.78 is 0. The average molecular weight is 332 g/mol. The van der Waals surface area contributed by atoms with Crippen molar-refractivity contribution in [2.45, 2.75) is 26.7 Å². The monoisotopic (exact) mass is 332 g/mol. The lowest BCUT2D eigenvalue weighted by Gasteiger charge is -2.18. The highest BCUT2D eigenvalue weighted by atomic mass is 16.2. The zero-order chi connectivity index (χ0) is 17.6. The molecule has 0 aliphatic rings. The number of rotatable bonds is 6. The van der Waals surface area contributed by atoms with Crippen LogP contribution in [0.5, 0.6) is 0 Å². The molecular weight excluding hydrogens is 308 g/mol. The van der Waals surface area contributed by atoms with Crippen molar-refractivity contribution in [3.63, 3.8) is 0 Å². The number of nitrogens with zero attached hydrogens (tertiary/aromatic N) is 2. The number of para-hydroxylation sites is 1. The van der Waals surface area contributed by atoms with Crippen LogP contribution >= 0.6 is 0 Å². The van der Waals surface area contributed by atoms with Crippen molar-refractivity contribution in [2.24, 2.45) is 0 Å². The van der Waals surface area contributed by atoms with Gasteiger partial charge in [0.15, 0.2) is 0 Å². The van der Waals surface area contributed by atoms with Gasteiger partial charge in [0.1, 0.15) is 0 Å². The van der Waals surface area contributed by atoms with Crippen LogP contribution in [0.2, 0.25) is 0 Å². The first-order valence-corrected chi connectivity index (χ1v) is 8.94. The third-order valence-electron chi connectivity index (χ3n) is 4.60. The predicted molar refractivity (Wildman–Crippen MR) is 103 cm³/mol. The van der Waals surface area contributed by atoms with Crippen molar-refractivity contribution >= 4 is 16.8 Å². The van der Waals surface area contributed by atoms with Crippen LogP contribution in [0.1, 0.15) is 25.8 Å². The van der Waals surface area contributed by atoms with E-state index in [1.807, 2.05) is 55.1 Å². The summed E-state index contributed by atoms with van der Waals surface area (Å²) in [4.78, 5) is 19.1. The van der Waals surface area contributed by atoms with Gasteiger partial charge in [-0.3, -0.25) is 4.79 Å². The molecule has 0 fully saturated rings. The SMILES string of the molecule is CCN(CC)C(=O)CCc1cc(-c2ccccc2)nc2ccccc12. The van der Waals surface area contributed by atoms with Crippen molar-refractivity contribution in [1.82, 2.24) is 9.88 Å². The number of aromatic nitrogens is 1. The number of hydrogen-bond acceptors (Lipinski definition) is 2. The first-order chi connectivity index (χ1) is 12.2. The molecule has 3 aromatic rings. The Morgan fingerprint density at radius 2 is 1.64 bits per heavy atom. The van der Waals surface area contributed by atoms with E-state index >= 15 is 0 Å². The van der Waals surface area contributed by atoms with Crippen LogP contribution in [0, 0.1) is 0 Å². The largest absolute Gasteiger partial charge is 0.343 e. The fourth-order valence-electron chi connectivity index (χ4n) is 3.19. The van der Waals surface area contributed by atoms with Crippen LogP contribution in [-0.2, 0) is 11.2 Å². The molecule has 0 bridgehead atoms. The molecule has 3 rings (SSSR count). The molecule has 0 N–H and O–H groups in total. The molecule has 3 nitrogen and oxygen atoms in total. The third kappa shape index (κ3) is 3.87. The molecule has 0 aliphatic carbocycles. The molecule has 0 saturated heterocycles. The maximum atomic E-state index is 12.4. The fourth-order valence-corrected chi connectivity index (χ4v) is 3.19. The lowest BCUT2D eigenvalue weighted by molar-refractivity contribution is -0.130. The van der Waals surface area contributed by atoms with Crippen molar-refractivity contribution in [3.05, 3.63) is 66.2 Å². The lowest BCUT2D eigenvalue weighted by Crippen LogP contribution is -2.30. The molecule has 3 heteroatoms. The van der Waals surface area contributed by atoms with Gasteiger partial charge in [0.05, 0.1) is 11.2 Å². The predicted octanol–water partition coefficient (Wildman–Crippen LogP) is 4.70. The number of benzene rings is 2. The van der Waals surface area contributed by atoms with Gasteiger partial charge in [-0.25, -0.2) is 4.98 Å². The van der Waals surface area contributed by atoms with E-state index in [0.717, 1.165) is 41.7 Å². The molecular formula is C22H24N2O. The van der Waals surface area contributed by atoms with E-state index in [4.69, 9.17) is 4.98 Å². The quantitative estimate of drug-likeness (QED) is 0.655. The van der Waals surface area contributed by atoms with Crippen molar-refractivity contribution in [3.8, 4) is 11.3 Å². The summed E-state index contributed by atoms with van der Waals surface area (Å²) in [6, 6.07) is 20.5. The van der Waals surface area contributed by atoms with Gasteiger partial charge in [-0.2, -0.15) is 0 Å². The van der Waals surface area contributed by atoms with Gasteiger partial charge in [-0.05, 0) is 38.0 Å². The molecule has 1 aromatic heterocycles. The Kier molecular flexibility index (Phi) is 5.44. The van der Waals surface area contributed by atoms with E-state index in [2.05, 4.69) is 24.3 Å². The van der Waals surface area contributed by atoms with E-state index in [1.165, 1.54) is 5.56 Å². The number of aryl methyl sites for hydroxylation is 1. The normalized spacial score (nSPS) is 10.8. The number of fused-ring (bicyclic) bond motifs is 1. The van der Waals surface area contributed by atoms with Crippen molar-refractivity contribution < 1.29 is 4.79 Å². The van der Waals surface area contributed by atoms with Crippen LogP contribution in [0.4, 0.5) is 0 Å². The van der Waals surface area contributed by atoms with Gasteiger partial charge in [0, 0.05) is 30.5 Å². The summed E-state index contributed by atoms with van der Waals surface area (Å²) in [5.41, 5.74) is 4.23. The van der Waals surface area contributed by atoms with Crippen LogP contribution in [-0.4, -0.2) is 28.9 Å². The Labute approximate surface area is 149 Å². The first kappa shape index (κ1) is 17.2. The van der Waals surface area contributed by atoms with Crippen LogP contribution in [0.15, 0.2) is 60.7 Å². The highest BCUT2D eigenvalue weighted by Gasteiger charge is 2.12. The molecule has 2 aromatic carbocycles. The van der Waals surface area contributed by atoms with Gasteiger partial charge in [0.2, 0.25) is 5.91 Å². The van der Waals surface area contributed by atoms with E-state index in [0.29, 0.717) is 6.42 Å². The number of amides is 1. The standard InChI is InChI=1S/C22H24N2O/c1-3-24(4-2)22(25)15-14-18-16-21(17-10-6-5-7-11-17)23-20-13-9-8-12-19(18)20/h5-13,16H,3-4,14-15H2,1-2H3. The van der Waals surface area contributed by atoms with Crippen LogP contribution in [0.25, 0.3) is 22.2 Å². The Balaban J connectivity index is 1.94. The van der Waals surface area contributed by atoms with E-state index in [9.17, 15) is 4.79 Å². The molecule has 0 radical (unpaired) electrons. The summed E-state index contributed by atoms with van der Waals surface area (Å²) >= 11 is 0. The zero-order valence-electron chi connectivity index (χ0n) is 14.9. The average Bonchev–Trinajstić information content (AvgIpc) is 2.67. The Morgan fingerprint density at radius 1 is 0.960 bits per heavy atom. The minimum absolute atomic E-state index is 0.215. The molecule has 0 unspecified atom stereocenters. The number of carbonyl (C=O) groups is 1. The second kappa shape index (κ2) is 7.93. The molecule has 0 aliphatic heterocycles. The smallest absolute Gasteiger partial charge is 0.222 e. The molecule has 0 atom stereocenters. The fraction of sp³-hybridized carbons (Fsp3) is 0.273. The Bertz CT molecular complexity index is 854. The second-order valence-electron chi connectivity index (χ2n) is 6.12. The topological polar surface area (TPSA) is 33.2 Å². The van der Waals surface area contributed by atoms with Gasteiger partial charge in [-0.15, -0.1) is 0 Å². The first-order valence-electron chi connectivity index (χ1n) is 8.94. The molecule has 0 saturated carbocycles. The number of pyridine rings is 1. The van der Waals surface area contributed by atoms with Crippen molar-refractivity contribution in [2.75, 3.05) is 13.1 Å². The molecule has 1 amide bonds. The molecule has 25 heavy (non-hydrogen) atoms. The summed E-state index contributed by atoms with van der Waals surface area (Å²) in [7, 11) is 0. The summed E-state index contributed by atoms with van der Waals surface area (Å²) in [5, 5.41) is 1.13. The Morgan fingerprint density at radius 3 is 2.36 bits per heavy atom. The van der Waals surface area contributed by atoms with Crippen LogP contribution in [0.3, 0.4) is 0 Å². The lowest BCUT2D eigenvalue weighted by atomic mass is 10.0. The number of hydrogen-bond donors (Lipinski definition) is 0. The maximum absolute atomic E-state index is 12.4. The Hall–Kier alpha value is -2.68. The van der Waals surface area contributed by atoms with Gasteiger partial charge >= 0.3 is 0 Å². The summed E-state index contributed by atoms with van der Waals surface area (Å²) in [5.74, 6) is 0.215. The van der Waals surface area contributed by atoms with E-state index in [-0.39, 0.29) is 5.91 Å². The van der Waals surface area contributed by atoms with Crippen LogP contribution < -0.4 is 0 Å². The highest BCUT2D eigenvalue weighted by molar-refractivity contribution is 5.86. The third-order valence-corrected chi connectivity index (χ3v) is 4.60. The molecule has 0 spiro atoms. The second-order valence-corrected chi connectivity index (χ2v) is 6.12. The highest BCUT2D eigenvalue weighted by Crippen LogP contribution is 2.25. The van der Waals surface area contributed by atoms with E-state index < -0.39 is 0 Å². The summed E-state index contributed by atoms with van der Waals surface area (Å²) in [6.45, 7) is 5.58. The maximum Gasteiger partial charge on any atom is 0.222 e.